The third kappa shape index (κ3) is 3.60. The maximum atomic E-state index is 13.3. The van der Waals surface area contributed by atoms with Gasteiger partial charge in [-0.3, -0.25) is 14.8 Å². The molecule has 3 N–H and O–H groups in total. The molecule has 4 aromatic rings. The minimum absolute atomic E-state index is 0.0756. The molecule has 0 saturated heterocycles. The number of nitrogens with zero attached hydrogens (tertiary/aromatic N) is 3. The third-order valence-corrected chi connectivity index (χ3v) is 4.68. The zero-order chi connectivity index (χ0) is 21.1. The molecule has 0 aliphatic rings. The number of nitrogens with two attached hydrogens (primary N) is 1. The number of fused-ring (bicyclic) bond motifs is 1. The summed E-state index contributed by atoms with van der Waals surface area (Å²) in [7, 11) is 0. The molecule has 0 saturated carbocycles. The molecule has 0 unspecified atom stereocenters. The lowest BCUT2D eigenvalue weighted by molar-refractivity contribution is 0.943. The smallest absolute Gasteiger partial charge is 0.266 e. The van der Waals surface area contributed by atoms with Crippen LogP contribution in [0.5, 0.6) is 0 Å². The van der Waals surface area contributed by atoms with E-state index in [9.17, 15) is 4.79 Å². The van der Waals surface area contributed by atoms with Crippen molar-refractivity contribution >= 4 is 28.9 Å². The molecule has 0 amide bonds. The fourth-order valence-electron chi connectivity index (χ4n) is 3.16. The van der Waals surface area contributed by atoms with E-state index in [2.05, 4.69) is 11.1 Å². The molecule has 0 atom stereocenters. The predicted molar refractivity (Wildman–Crippen MR) is 118 cm³/mol. The minimum atomic E-state index is -0.208. The van der Waals surface area contributed by atoms with Crippen molar-refractivity contribution in [3.63, 3.8) is 0 Å². The summed E-state index contributed by atoms with van der Waals surface area (Å²) in [5, 5.41) is 17.1. The molecule has 30 heavy (non-hydrogen) atoms. The van der Waals surface area contributed by atoms with Crippen molar-refractivity contribution in [2.45, 2.75) is 0 Å². The number of hydrogen-bond acceptors (Lipinski definition) is 4. The molecule has 6 nitrogen and oxygen atoms in total. The molecule has 0 aliphatic heterocycles. The average Bonchev–Trinajstić information content (AvgIpc) is 2.78. The summed E-state index contributed by atoms with van der Waals surface area (Å²) in [6, 6.07) is 23.3. The summed E-state index contributed by atoms with van der Waals surface area (Å²) < 4.78 is 1.51. The van der Waals surface area contributed by atoms with Crippen molar-refractivity contribution < 1.29 is 0 Å². The van der Waals surface area contributed by atoms with Gasteiger partial charge in [0.05, 0.1) is 28.2 Å². The Hall–Kier alpha value is -4.50. The van der Waals surface area contributed by atoms with Crippen LogP contribution in [0.25, 0.3) is 28.7 Å². The summed E-state index contributed by atoms with van der Waals surface area (Å²) >= 11 is 0. The van der Waals surface area contributed by atoms with Gasteiger partial charge in [-0.05, 0) is 48.0 Å². The van der Waals surface area contributed by atoms with E-state index in [1.54, 1.807) is 60.7 Å². The van der Waals surface area contributed by atoms with Gasteiger partial charge in [0.15, 0.2) is 0 Å². The Morgan fingerprint density at radius 3 is 2.53 bits per heavy atom. The first-order valence-corrected chi connectivity index (χ1v) is 9.22. The molecule has 0 radical (unpaired) electrons. The van der Waals surface area contributed by atoms with Gasteiger partial charge in [0.2, 0.25) is 0 Å². The number of para-hydroxylation sites is 1. The largest absolute Gasteiger partial charge is 0.384 e. The summed E-state index contributed by atoms with van der Waals surface area (Å²) in [6.45, 7) is 0. The van der Waals surface area contributed by atoms with Crippen molar-refractivity contribution in [3.8, 4) is 11.8 Å². The number of rotatable bonds is 4. The summed E-state index contributed by atoms with van der Waals surface area (Å²) in [5.74, 6) is 0.372. The zero-order valence-electron chi connectivity index (χ0n) is 15.9. The first kappa shape index (κ1) is 18.8. The fraction of sp³-hybridized carbons (Fsp3) is 0. The van der Waals surface area contributed by atoms with Crippen molar-refractivity contribution in [2.24, 2.45) is 5.73 Å². The van der Waals surface area contributed by atoms with Crippen molar-refractivity contribution in [1.29, 1.82) is 10.7 Å². The molecule has 0 spiro atoms. The van der Waals surface area contributed by atoms with Crippen LogP contribution in [-0.2, 0) is 0 Å². The first-order valence-electron chi connectivity index (χ1n) is 9.22. The zero-order valence-corrected chi connectivity index (χ0v) is 15.9. The number of nitrogen functional groups attached to an aromatic ring is 1. The standard InChI is InChI=1S/C24H17N5O/c25-15-17-10-8-16(9-11-17)12-13-22-28-21-7-2-1-6-20(21)24(30)29(22)19-5-3-4-18(14-19)23(26)27/h1-14H,(H3,26,27)/b13-12+. The highest BCUT2D eigenvalue weighted by molar-refractivity contribution is 5.95. The summed E-state index contributed by atoms with van der Waals surface area (Å²) in [5.41, 5.74) is 8.57. The van der Waals surface area contributed by atoms with E-state index in [0.717, 1.165) is 5.56 Å². The van der Waals surface area contributed by atoms with E-state index in [1.165, 1.54) is 4.57 Å². The Labute approximate surface area is 172 Å². The highest BCUT2D eigenvalue weighted by atomic mass is 16.1. The Kier molecular flexibility index (Phi) is 4.93. The fourth-order valence-corrected chi connectivity index (χ4v) is 3.16. The van der Waals surface area contributed by atoms with Gasteiger partial charge in [0.1, 0.15) is 11.7 Å². The number of aromatic nitrogens is 2. The first-order chi connectivity index (χ1) is 14.6. The molecule has 3 aromatic carbocycles. The molecular weight excluding hydrogens is 374 g/mol. The lowest BCUT2D eigenvalue weighted by atomic mass is 10.1. The third-order valence-electron chi connectivity index (χ3n) is 4.68. The van der Waals surface area contributed by atoms with Gasteiger partial charge in [-0.1, -0.05) is 42.5 Å². The van der Waals surface area contributed by atoms with Crippen LogP contribution in [0.4, 0.5) is 0 Å². The molecule has 4 rings (SSSR count). The van der Waals surface area contributed by atoms with Gasteiger partial charge < -0.3 is 5.73 Å². The van der Waals surface area contributed by atoms with Crippen LogP contribution < -0.4 is 11.3 Å². The molecule has 144 valence electrons. The maximum Gasteiger partial charge on any atom is 0.266 e. The van der Waals surface area contributed by atoms with Crippen molar-refractivity contribution in [1.82, 2.24) is 9.55 Å². The van der Waals surface area contributed by atoms with Crippen molar-refractivity contribution in [2.75, 3.05) is 0 Å². The van der Waals surface area contributed by atoms with Crippen LogP contribution in [0.15, 0.2) is 77.6 Å². The van der Waals surface area contributed by atoms with Crippen LogP contribution in [-0.4, -0.2) is 15.4 Å². The minimum Gasteiger partial charge on any atom is -0.384 e. The second-order valence-corrected chi connectivity index (χ2v) is 6.66. The van der Waals surface area contributed by atoms with Crippen LogP contribution in [0.2, 0.25) is 0 Å². The number of amidine groups is 1. The normalized spacial score (nSPS) is 10.9. The van der Waals surface area contributed by atoms with E-state index < -0.39 is 0 Å². The predicted octanol–water partition coefficient (Wildman–Crippen LogP) is 3.71. The SMILES string of the molecule is N#Cc1ccc(/C=C/c2nc3ccccc3c(=O)n2-c2cccc(C(=N)N)c2)cc1. The van der Waals surface area contributed by atoms with E-state index in [-0.39, 0.29) is 11.4 Å². The number of hydrogen-bond donors (Lipinski definition) is 2. The number of nitrogens with one attached hydrogen (secondary N) is 1. The highest BCUT2D eigenvalue weighted by Crippen LogP contribution is 2.17. The van der Waals surface area contributed by atoms with Gasteiger partial charge >= 0.3 is 0 Å². The molecule has 0 fully saturated rings. The second-order valence-electron chi connectivity index (χ2n) is 6.66. The highest BCUT2D eigenvalue weighted by Gasteiger charge is 2.12. The van der Waals surface area contributed by atoms with E-state index in [1.807, 2.05) is 24.3 Å². The average molecular weight is 391 g/mol. The lowest BCUT2D eigenvalue weighted by Crippen LogP contribution is -2.23. The molecule has 0 bridgehead atoms. The molecular formula is C24H17N5O. The molecule has 1 aromatic heterocycles. The van der Waals surface area contributed by atoms with Crippen LogP contribution in [0.3, 0.4) is 0 Å². The molecule has 6 heteroatoms. The topological polar surface area (TPSA) is 109 Å². The molecule has 1 heterocycles. The molecule has 0 aliphatic carbocycles. The Balaban J connectivity index is 1.91. The van der Waals surface area contributed by atoms with Crippen LogP contribution >= 0.6 is 0 Å². The Morgan fingerprint density at radius 2 is 1.80 bits per heavy atom. The quantitative estimate of drug-likeness (QED) is 0.408. The van der Waals surface area contributed by atoms with Gasteiger partial charge in [0, 0.05) is 5.56 Å². The van der Waals surface area contributed by atoms with Crippen molar-refractivity contribution in [3.05, 3.63) is 106 Å². The summed E-state index contributed by atoms with van der Waals surface area (Å²) in [4.78, 5) is 18.0. The van der Waals surface area contributed by atoms with Gasteiger partial charge in [-0.25, -0.2) is 4.98 Å². The Morgan fingerprint density at radius 1 is 1.03 bits per heavy atom. The monoisotopic (exact) mass is 391 g/mol. The lowest BCUT2D eigenvalue weighted by Gasteiger charge is -2.12. The summed E-state index contributed by atoms with van der Waals surface area (Å²) in [6.07, 6.45) is 3.60. The van der Waals surface area contributed by atoms with Gasteiger partial charge in [-0.15, -0.1) is 0 Å². The van der Waals surface area contributed by atoms with E-state index >= 15 is 0 Å². The van der Waals surface area contributed by atoms with Gasteiger partial charge in [0.25, 0.3) is 5.56 Å². The van der Waals surface area contributed by atoms with Gasteiger partial charge in [-0.2, -0.15) is 5.26 Å². The van der Waals surface area contributed by atoms with E-state index in [0.29, 0.717) is 33.5 Å². The van der Waals surface area contributed by atoms with E-state index in [4.69, 9.17) is 16.4 Å². The number of benzene rings is 3. The number of nitriles is 1. The second kappa shape index (κ2) is 7.86. The maximum absolute atomic E-state index is 13.3. The van der Waals surface area contributed by atoms with Crippen LogP contribution in [0, 0.1) is 16.7 Å². The van der Waals surface area contributed by atoms with Crippen LogP contribution in [0.1, 0.15) is 22.5 Å². The Bertz CT molecular complexity index is 1390.